The number of aromatic nitrogens is 2. The molecular formula is C16H29N3S. The summed E-state index contributed by atoms with van der Waals surface area (Å²) in [5, 5.41) is 14.8. The summed E-state index contributed by atoms with van der Waals surface area (Å²) in [6, 6.07) is 0. The Labute approximate surface area is 127 Å². The first-order chi connectivity index (χ1) is 9.49. The molecule has 114 valence electrons. The molecule has 1 aliphatic carbocycles. The lowest BCUT2D eigenvalue weighted by Gasteiger charge is -2.24. The molecule has 0 bridgehead atoms. The van der Waals surface area contributed by atoms with Crippen molar-refractivity contribution < 1.29 is 0 Å². The third-order valence-corrected chi connectivity index (χ3v) is 5.43. The van der Waals surface area contributed by atoms with Gasteiger partial charge in [-0.1, -0.05) is 34.1 Å². The average molecular weight is 295 g/mol. The maximum Gasteiger partial charge on any atom is 0.121 e. The molecule has 2 rings (SSSR count). The van der Waals surface area contributed by atoms with Gasteiger partial charge in [0.2, 0.25) is 0 Å². The zero-order valence-corrected chi connectivity index (χ0v) is 14.2. The lowest BCUT2D eigenvalue weighted by atomic mass is 9.82. The molecule has 1 atom stereocenters. The Morgan fingerprint density at radius 3 is 2.80 bits per heavy atom. The van der Waals surface area contributed by atoms with E-state index in [-0.39, 0.29) is 0 Å². The number of nitrogens with one attached hydrogen (secondary N) is 1. The van der Waals surface area contributed by atoms with Gasteiger partial charge in [0.1, 0.15) is 10.0 Å². The summed E-state index contributed by atoms with van der Waals surface area (Å²) in [6.45, 7) is 11.4. The lowest BCUT2D eigenvalue weighted by Crippen LogP contribution is -2.21. The Bertz CT molecular complexity index is 412. The fraction of sp³-hybridized carbons (Fsp3) is 0.875. The van der Waals surface area contributed by atoms with E-state index in [2.05, 4.69) is 43.2 Å². The normalized spacial score (nSPS) is 21.8. The minimum absolute atomic E-state index is 0.412. The molecule has 1 heterocycles. The van der Waals surface area contributed by atoms with Crippen LogP contribution in [0.3, 0.4) is 0 Å². The monoisotopic (exact) mass is 295 g/mol. The highest BCUT2D eigenvalue weighted by atomic mass is 32.1. The van der Waals surface area contributed by atoms with Crippen LogP contribution in [0.4, 0.5) is 0 Å². The summed E-state index contributed by atoms with van der Waals surface area (Å²) in [6.07, 6.45) is 6.18. The van der Waals surface area contributed by atoms with Gasteiger partial charge in [-0.3, -0.25) is 0 Å². The fourth-order valence-electron chi connectivity index (χ4n) is 3.05. The van der Waals surface area contributed by atoms with Crippen molar-refractivity contribution >= 4 is 11.3 Å². The van der Waals surface area contributed by atoms with Gasteiger partial charge in [-0.2, -0.15) is 0 Å². The van der Waals surface area contributed by atoms with Gasteiger partial charge in [0.25, 0.3) is 0 Å². The van der Waals surface area contributed by atoms with Crippen molar-refractivity contribution in [1.29, 1.82) is 0 Å². The second-order valence-electron chi connectivity index (χ2n) is 7.17. The van der Waals surface area contributed by atoms with Crippen molar-refractivity contribution in [3.8, 4) is 0 Å². The molecule has 0 aliphatic heterocycles. The maximum atomic E-state index is 4.47. The van der Waals surface area contributed by atoms with E-state index in [1.807, 2.05) is 11.3 Å². The fourth-order valence-corrected chi connectivity index (χ4v) is 4.28. The van der Waals surface area contributed by atoms with Crippen LogP contribution in [0, 0.1) is 11.3 Å². The summed E-state index contributed by atoms with van der Waals surface area (Å²) in [4.78, 5) is 0. The maximum absolute atomic E-state index is 4.47. The van der Waals surface area contributed by atoms with Crippen LogP contribution >= 0.6 is 11.3 Å². The molecule has 0 aromatic carbocycles. The Kier molecular flexibility index (Phi) is 5.56. The minimum atomic E-state index is 0.412. The quantitative estimate of drug-likeness (QED) is 0.772. The largest absolute Gasteiger partial charge is 0.316 e. The lowest BCUT2D eigenvalue weighted by molar-refractivity contribution is 0.330. The van der Waals surface area contributed by atoms with Crippen LogP contribution in [0.1, 0.15) is 69.3 Å². The molecule has 20 heavy (non-hydrogen) atoms. The highest BCUT2D eigenvalue weighted by Gasteiger charge is 2.37. The third kappa shape index (κ3) is 4.26. The summed E-state index contributed by atoms with van der Waals surface area (Å²) >= 11 is 1.85. The van der Waals surface area contributed by atoms with Crippen LogP contribution in [0.5, 0.6) is 0 Å². The van der Waals surface area contributed by atoms with Gasteiger partial charge in [-0.25, -0.2) is 0 Å². The van der Waals surface area contributed by atoms with Crippen molar-refractivity contribution in [3.05, 3.63) is 10.0 Å². The molecule has 0 saturated heterocycles. The predicted molar refractivity (Wildman–Crippen MR) is 86.3 cm³/mol. The smallest absolute Gasteiger partial charge is 0.121 e. The van der Waals surface area contributed by atoms with Gasteiger partial charge in [0.05, 0.1) is 0 Å². The molecule has 3 nitrogen and oxygen atoms in total. The van der Waals surface area contributed by atoms with Crippen molar-refractivity contribution in [2.24, 2.45) is 11.3 Å². The average Bonchev–Trinajstić information content (AvgIpc) is 2.94. The molecule has 0 amide bonds. The molecular weight excluding hydrogens is 266 g/mol. The summed E-state index contributed by atoms with van der Waals surface area (Å²) < 4.78 is 0. The number of aryl methyl sites for hydroxylation is 1. The molecule has 1 aromatic rings. The minimum Gasteiger partial charge on any atom is -0.316 e. The third-order valence-electron chi connectivity index (χ3n) is 4.33. The van der Waals surface area contributed by atoms with Crippen LogP contribution < -0.4 is 5.32 Å². The van der Waals surface area contributed by atoms with E-state index in [1.165, 1.54) is 29.3 Å². The van der Waals surface area contributed by atoms with E-state index in [4.69, 9.17) is 0 Å². The Hall–Kier alpha value is -0.480. The number of nitrogens with zero attached hydrogens (tertiary/aromatic N) is 2. The van der Waals surface area contributed by atoms with Crippen LogP contribution in [-0.4, -0.2) is 23.3 Å². The van der Waals surface area contributed by atoms with Crippen molar-refractivity contribution in [2.45, 2.75) is 65.7 Å². The van der Waals surface area contributed by atoms with E-state index in [9.17, 15) is 0 Å². The molecule has 1 aromatic heterocycles. The Balaban J connectivity index is 1.78. The summed E-state index contributed by atoms with van der Waals surface area (Å²) in [7, 11) is 0. The van der Waals surface area contributed by atoms with Crippen LogP contribution in [0.25, 0.3) is 0 Å². The zero-order valence-electron chi connectivity index (χ0n) is 13.4. The molecule has 4 heteroatoms. The second kappa shape index (κ2) is 6.99. The second-order valence-corrected chi connectivity index (χ2v) is 8.26. The zero-order chi connectivity index (χ0) is 14.6. The van der Waals surface area contributed by atoms with E-state index in [0.29, 0.717) is 11.3 Å². The first-order valence-corrected chi connectivity index (χ1v) is 8.83. The Morgan fingerprint density at radius 2 is 2.15 bits per heavy atom. The van der Waals surface area contributed by atoms with Crippen molar-refractivity contribution in [3.63, 3.8) is 0 Å². The van der Waals surface area contributed by atoms with Gasteiger partial charge in [-0.15, -0.1) is 21.5 Å². The van der Waals surface area contributed by atoms with Crippen LogP contribution in [-0.2, 0) is 6.42 Å². The molecule has 1 N–H and O–H groups in total. The van der Waals surface area contributed by atoms with Gasteiger partial charge < -0.3 is 5.32 Å². The predicted octanol–water partition coefficient (Wildman–Crippen LogP) is 4.01. The van der Waals surface area contributed by atoms with Gasteiger partial charge in [0.15, 0.2) is 0 Å². The number of rotatable bonds is 7. The van der Waals surface area contributed by atoms with E-state index < -0.39 is 0 Å². The molecule has 1 fully saturated rings. The molecule has 0 spiro atoms. The first-order valence-electron chi connectivity index (χ1n) is 8.02. The standard InChI is InChI=1S/C16H29N3S/c1-12(2)11-17-10-6-8-14-18-19-15(20-14)13-7-5-9-16(13,3)4/h12-13,17H,5-11H2,1-4H3. The molecule has 1 unspecified atom stereocenters. The highest BCUT2D eigenvalue weighted by molar-refractivity contribution is 7.11. The molecule has 0 radical (unpaired) electrons. The molecule has 1 saturated carbocycles. The summed E-state index contributed by atoms with van der Waals surface area (Å²) in [5.41, 5.74) is 0.412. The van der Waals surface area contributed by atoms with Gasteiger partial charge in [-0.05, 0) is 43.7 Å². The molecule has 1 aliphatic rings. The first kappa shape index (κ1) is 15.9. The van der Waals surface area contributed by atoms with E-state index in [1.54, 1.807) is 0 Å². The SMILES string of the molecule is CC(C)CNCCCc1nnc(C2CCCC2(C)C)s1. The van der Waals surface area contributed by atoms with Crippen LogP contribution in [0.2, 0.25) is 0 Å². The topological polar surface area (TPSA) is 37.8 Å². The van der Waals surface area contributed by atoms with Crippen molar-refractivity contribution in [1.82, 2.24) is 15.5 Å². The van der Waals surface area contributed by atoms with Gasteiger partial charge in [0, 0.05) is 12.3 Å². The number of hydrogen-bond donors (Lipinski definition) is 1. The van der Waals surface area contributed by atoms with Crippen LogP contribution in [0.15, 0.2) is 0 Å². The van der Waals surface area contributed by atoms with Crippen molar-refractivity contribution in [2.75, 3.05) is 13.1 Å². The van der Waals surface area contributed by atoms with Gasteiger partial charge >= 0.3 is 0 Å². The summed E-state index contributed by atoms with van der Waals surface area (Å²) in [5.74, 6) is 1.36. The van der Waals surface area contributed by atoms with E-state index >= 15 is 0 Å². The highest BCUT2D eigenvalue weighted by Crippen LogP contribution is 2.49. The van der Waals surface area contributed by atoms with E-state index in [0.717, 1.165) is 31.8 Å². The number of hydrogen-bond acceptors (Lipinski definition) is 4. The Morgan fingerprint density at radius 1 is 1.35 bits per heavy atom.